The van der Waals surface area contributed by atoms with Crippen molar-refractivity contribution >= 4 is 28.1 Å². The first kappa shape index (κ1) is 14.2. The Labute approximate surface area is 123 Å². The topological polar surface area (TPSA) is 61.7 Å². The van der Waals surface area contributed by atoms with E-state index in [-0.39, 0.29) is 11.3 Å². The molecule has 2 N–H and O–H groups in total. The lowest BCUT2D eigenvalue weighted by atomic mass is 10.2. The van der Waals surface area contributed by atoms with Gasteiger partial charge in [-0.2, -0.15) is 5.10 Å². The normalized spacial score (nSPS) is 10.7. The number of hydrazone groups is 1. The number of phenolic OH excluding ortho intramolecular Hbond substituents is 1. The van der Waals surface area contributed by atoms with Crippen LogP contribution in [0.25, 0.3) is 0 Å². The van der Waals surface area contributed by atoms with Crippen LogP contribution in [0.1, 0.15) is 15.9 Å². The number of phenols is 1. The smallest absolute Gasteiger partial charge is 0.271 e. The number of hydrogen-bond acceptors (Lipinski definition) is 3. The van der Waals surface area contributed by atoms with Gasteiger partial charge in [-0.25, -0.2) is 9.82 Å². The van der Waals surface area contributed by atoms with Gasteiger partial charge in [-0.3, -0.25) is 4.79 Å². The van der Waals surface area contributed by atoms with Crippen molar-refractivity contribution < 1.29 is 14.3 Å². The van der Waals surface area contributed by atoms with Gasteiger partial charge >= 0.3 is 0 Å². The third kappa shape index (κ3) is 3.64. The largest absolute Gasteiger partial charge is 0.507 e. The lowest BCUT2D eigenvalue weighted by Crippen LogP contribution is -2.17. The zero-order chi connectivity index (χ0) is 14.5. The van der Waals surface area contributed by atoms with E-state index in [2.05, 4.69) is 26.5 Å². The van der Waals surface area contributed by atoms with E-state index in [4.69, 9.17) is 0 Å². The minimum Gasteiger partial charge on any atom is -0.507 e. The Morgan fingerprint density at radius 1 is 1.30 bits per heavy atom. The summed E-state index contributed by atoms with van der Waals surface area (Å²) in [4.78, 5) is 11.7. The van der Waals surface area contributed by atoms with Gasteiger partial charge in [0, 0.05) is 15.6 Å². The molecule has 0 radical (unpaired) electrons. The number of hydrogen-bond donors (Lipinski definition) is 2. The number of amides is 1. The Kier molecular flexibility index (Phi) is 4.47. The van der Waals surface area contributed by atoms with Crippen LogP contribution in [0, 0.1) is 5.82 Å². The zero-order valence-corrected chi connectivity index (χ0v) is 11.8. The molecule has 2 rings (SSSR count). The van der Waals surface area contributed by atoms with Gasteiger partial charge in [0.1, 0.15) is 11.6 Å². The summed E-state index contributed by atoms with van der Waals surface area (Å²) < 4.78 is 13.7. The van der Waals surface area contributed by atoms with Crippen LogP contribution in [0.5, 0.6) is 5.75 Å². The fourth-order valence-corrected chi connectivity index (χ4v) is 1.86. The first-order valence-corrected chi connectivity index (χ1v) is 6.43. The molecule has 102 valence electrons. The highest BCUT2D eigenvalue weighted by molar-refractivity contribution is 9.10. The lowest BCUT2D eigenvalue weighted by Gasteiger charge is -2.01. The van der Waals surface area contributed by atoms with E-state index in [1.807, 2.05) is 0 Å². The summed E-state index contributed by atoms with van der Waals surface area (Å²) in [6.45, 7) is 0. The molecule has 2 aromatic carbocycles. The van der Waals surface area contributed by atoms with Crippen LogP contribution in [0.3, 0.4) is 0 Å². The minimum atomic E-state index is -0.532. The van der Waals surface area contributed by atoms with E-state index >= 15 is 0 Å². The average molecular weight is 337 g/mol. The molecule has 0 aliphatic heterocycles. The first-order chi connectivity index (χ1) is 9.56. The van der Waals surface area contributed by atoms with Gasteiger partial charge in [0.15, 0.2) is 0 Å². The highest BCUT2D eigenvalue weighted by atomic mass is 79.9. The molecule has 0 aromatic heterocycles. The molecule has 1 amide bonds. The third-order valence-electron chi connectivity index (χ3n) is 2.45. The van der Waals surface area contributed by atoms with Crippen LogP contribution in [-0.2, 0) is 0 Å². The van der Waals surface area contributed by atoms with Gasteiger partial charge in [0.05, 0.1) is 6.21 Å². The number of carbonyl (C=O) groups excluding carboxylic acids is 1. The second-order valence-electron chi connectivity index (χ2n) is 3.91. The number of rotatable bonds is 3. The Balaban J connectivity index is 2.06. The molecule has 0 spiro atoms. The molecular weight excluding hydrogens is 327 g/mol. The second kappa shape index (κ2) is 6.29. The van der Waals surface area contributed by atoms with Crippen LogP contribution in [0.4, 0.5) is 4.39 Å². The molecule has 0 heterocycles. The monoisotopic (exact) mass is 336 g/mol. The number of nitrogens with zero attached hydrogens (tertiary/aromatic N) is 1. The summed E-state index contributed by atoms with van der Waals surface area (Å²) in [5.74, 6) is -0.988. The quantitative estimate of drug-likeness (QED) is 0.668. The molecule has 0 fully saturated rings. The van der Waals surface area contributed by atoms with E-state index in [9.17, 15) is 14.3 Å². The Morgan fingerprint density at radius 3 is 2.85 bits per heavy atom. The standard InChI is InChI=1S/C14H10BrFN2O2/c15-11-4-5-13(19)10(6-11)8-17-18-14(20)9-2-1-3-12(16)7-9/h1-8,19H,(H,18,20)/b17-8+. The molecule has 0 aliphatic rings. The summed E-state index contributed by atoms with van der Waals surface area (Å²) in [6.07, 6.45) is 1.30. The first-order valence-electron chi connectivity index (χ1n) is 5.64. The van der Waals surface area contributed by atoms with Crippen LogP contribution >= 0.6 is 15.9 Å². The maximum Gasteiger partial charge on any atom is 0.271 e. The summed E-state index contributed by atoms with van der Waals surface area (Å²) in [6, 6.07) is 10.1. The van der Waals surface area contributed by atoms with Crippen molar-refractivity contribution in [3.05, 3.63) is 63.9 Å². The van der Waals surface area contributed by atoms with Crippen LogP contribution in [0.15, 0.2) is 52.0 Å². The van der Waals surface area contributed by atoms with E-state index in [1.165, 1.54) is 30.5 Å². The lowest BCUT2D eigenvalue weighted by molar-refractivity contribution is 0.0954. The molecular formula is C14H10BrFN2O2. The Morgan fingerprint density at radius 2 is 2.10 bits per heavy atom. The van der Waals surface area contributed by atoms with Gasteiger partial charge in [0.25, 0.3) is 5.91 Å². The zero-order valence-electron chi connectivity index (χ0n) is 10.2. The van der Waals surface area contributed by atoms with E-state index in [0.717, 1.165) is 10.5 Å². The van der Waals surface area contributed by atoms with Gasteiger partial charge in [0.2, 0.25) is 0 Å². The van der Waals surface area contributed by atoms with Crippen molar-refractivity contribution in [2.45, 2.75) is 0 Å². The predicted molar refractivity (Wildman–Crippen MR) is 77.3 cm³/mol. The van der Waals surface area contributed by atoms with Crippen molar-refractivity contribution in [1.29, 1.82) is 0 Å². The summed E-state index contributed by atoms with van der Waals surface area (Å²) in [5.41, 5.74) is 2.87. The van der Waals surface area contributed by atoms with E-state index < -0.39 is 11.7 Å². The Hall–Kier alpha value is -2.21. The molecule has 4 nitrogen and oxygen atoms in total. The van der Waals surface area contributed by atoms with Crippen molar-refractivity contribution in [1.82, 2.24) is 5.43 Å². The summed E-state index contributed by atoms with van der Waals surface area (Å²) in [5, 5.41) is 13.3. The molecule has 0 unspecified atom stereocenters. The molecule has 0 aliphatic carbocycles. The van der Waals surface area contributed by atoms with Gasteiger partial charge in [-0.05, 0) is 36.4 Å². The van der Waals surface area contributed by atoms with Gasteiger partial charge in [-0.15, -0.1) is 0 Å². The maximum absolute atomic E-state index is 13.0. The van der Waals surface area contributed by atoms with Crippen molar-refractivity contribution in [3.8, 4) is 5.75 Å². The van der Waals surface area contributed by atoms with Crippen molar-refractivity contribution in [2.24, 2.45) is 5.10 Å². The van der Waals surface area contributed by atoms with Crippen molar-refractivity contribution in [3.63, 3.8) is 0 Å². The fraction of sp³-hybridized carbons (Fsp3) is 0. The molecule has 0 bridgehead atoms. The molecule has 0 saturated heterocycles. The molecule has 2 aromatic rings. The molecule has 20 heavy (non-hydrogen) atoms. The van der Waals surface area contributed by atoms with Crippen LogP contribution in [-0.4, -0.2) is 17.2 Å². The SMILES string of the molecule is O=C(N/N=C/c1cc(Br)ccc1O)c1cccc(F)c1. The molecule has 0 atom stereocenters. The Bertz CT molecular complexity index is 674. The molecule has 0 saturated carbocycles. The number of benzene rings is 2. The highest BCUT2D eigenvalue weighted by Gasteiger charge is 2.05. The molecule has 6 heteroatoms. The predicted octanol–water partition coefficient (Wildman–Crippen LogP) is 3.06. The van der Waals surface area contributed by atoms with Gasteiger partial charge in [-0.1, -0.05) is 22.0 Å². The average Bonchev–Trinajstić information content (AvgIpc) is 2.42. The van der Waals surface area contributed by atoms with Crippen LogP contribution in [0.2, 0.25) is 0 Å². The number of aromatic hydroxyl groups is 1. The number of halogens is 2. The van der Waals surface area contributed by atoms with Crippen LogP contribution < -0.4 is 5.43 Å². The third-order valence-corrected chi connectivity index (χ3v) is 2.94. The van der Waals surface area contributed by atoms with E-state index in [1.54, 1.807) is 12.1 Å². The maximum atomic E-state index is 13.0. The van der Waals surface area contributed by atoms with Crippen molar-refractivity contribution in [2.75, 3.05) is 0 Å². The van der Waals surface area contributed by atoms with Gasteiger partial charge < -0.3 is 5.11 Å². The number of carbonyl (C=O) groups is 1. The van der Waals surface area contributed by atoms with E-state index in [0.29, 0.717) is 5.56 Å². The highest BCUT2D eigenvalue weighted by Crippen LogP contribution is 2.19. The number of nitrogens with one attached hydrogen (secondary N) is 1. The summed E-state index contributed by atoms with van der Waals surface area (Å²) >= 11 is 3.26. The summed E-state index contributed by atoms with van der Waals surface area (Å²) in [7, 11) is 0. The fourth-order valence-electron chi connectivity index (χ4n) is 1.48. The second-order valence-corrected chi connectivity index (χ2v) is 4.83. The minimum absolute atomic E-state index is 0.0388.